The van der Waals surface area contributed by atoms with Crippen molar-refractivity contribution in [2.75, 3.05) is 12.4 Å². The van der Waals surface area contributed by atoms with Crippen molar-refractivity contribution >= 4 is 17.3 Å². The van der Waals surface area contributed by atoms with E-state index < -0.39 is 0 Å². The third-order valence-corrected chi connectivity index (χ3v) is 4.27. The summed E-state index contributed by atoms with van der Waals surface area (Å²) in [6, 6.07) is 21.8. The fourth-order valence-electron chi connectivity index (χ4n) is 2.86. The van der Waals surface area contributed by atoms with Crippen LogP contribution in [-0.2, 0) is 13.0 Å². The zero-order valence-corrected chi connectivity index (χ0v) is 15.1. The lowest BCUT2D eigenvalue weighted by Gasteiger charge is -2.17. The molecule has 1 aromatic heterocycles. The lowest BCUT2D eigenvalue weighted by atomic mass is 10.1. The van der Waals surface area contributed by atoms with Gasteiger partial charge in [0.05, 0.1) is 0 Å². The van der Waals surface area contributed by atoms with Crippen molar-refractivity contribution in [1.29, 1.82) is 0 Å². The highest BCUT2D eigenvalue weighted by atomic mass is 16.2. The number of hydrogen-bond donors (Lipinski definition) is 1. The number of nitrogens with zero attached hydrogens (tertiary/aromatic N) is 2. The van der Waals surface area contributed by atoms with Gasteiger partial charge in [-0.2, -0.15) is 0 Å². The molecule has 0 atom stereocenters. The van der Waals surface area contributed by atoms with Gasteiger partial charge in [0.1, 0.15) is 5.69 Å². The fraction of sp³-hybridized carbons (Fsp3) is 0.182. The molecule has 1 N–H and O–H groups in total. The van der Waals surface area contributed by atoms with Crippen LogP contribution >= 0.6 is 0 Å². The van der Waals surface area contributed by atoms with Gasteiger partial charge in [0, 0.05) is 31.2 Å². The third-order valence-electron chi connectivity index (χ3n) is 4.27. The molecule has 132 valence electrons. The number of carbonyl (C=O) groups excluding carboxylic acids is 1. The van der Waals surface area contributed by atoms with Crippen LogP contribution in [0.25, 0.3) is 0 Å². The molecule has 0 spiro atoms. The van der Waals surface area contributed by atoms with E-state index in [0.717, 1.165) is 23.4 Å². The summed E-state index contributed by atoms with van der Waals surface area (Å²) in [6.07, 6.45) is 2.61. The Balaban J connectivity index is 1.75. The molecule has 0 radical (unpaired) electrons. The lowest BCUT2D eigenvalue weighted by molar-refractivity contribution is 0.0779. The summed E-state index contributed by atoms with van der Waals surface area (Å²) in [5, 5.41) is 3.40. The molecular weight excluding hydrogens is 322 g/mol. The molecule has 3 aromatic rings. The first-order chi connectivity index (χ1) is 12.7. The minimum Gasteiger partial charge on any atom is -0.355 e. The van der Waals surface area contributed by atoms with Gasteiger partial charge in [0.15, 0.2) is 0 Å². The van der Waals surface area contributed by atoms with E-state index in [1.54, 1.807) is 24.2 Å². The molecule has 2 aromatic carbocycles. The maximum absolute atomic E-state index is 12.7. The Morgan fingerprint density at radius 3 is 2.54 bits per heavy atom. The predicted octanol–water partition coefficient (Wildman–Crippen LogP) is 4.66. The first-order valence-corrected chi connectivity index (χ1v) is 8.77. The van der Waals surface area contributed by atoms with Gasteiger partial charge in [-0.05, 0) is 35.7 Å². The molecule has 1 amide bonds. The summed E-state index contributed by atoms with van der Waals surface area (Å²) in [4.78, 5) is 18.6. The molecule has 26 heavy (non-hydrogen) atoms. The van der Waals surface area contributed by atoms with Gasteiger partial charge in [0.25, 0.3) is 5.91 Å². The van der Waals surface area contributed by atoms with E-state index >= 15 is 0 Å². The SMILES string of the molecule is CCc1ccccc1Nc1ccnc(C(=O)N(C)Cc2ccccc2)c1. The molecule has 0 aliphatic rings. The van der Waals surface area contributed by atoms with Crippen molar-refractivity contribution in [2.45, 2.75) is 19.9 Å². The zero-order valence-electron chi connectivity index (χ0n) is 15.1. The van der Waals surface area contributed by atoms with Crippen molar-refractivity contribution < 1.29 is 4.79 Å². The van der Waals surface area contributed by atoms with Gasteiger partial charge in [0.2, 0.25) is 0 Å². The van der Waals surface area contributed by atoms with Crippen molar-refractivity contribution in [2.24, 2.45) is 0 Å². The second-order valence-corrected chi connectivity index (χ2v) is 6.21. The number of pyridine rings is 1. The van der Waals surface area contributed by atoms with Crippen LogP contribution in [0.2, 0.25) is 0 Å². The Labute approximate surface area is 154 Å². The van der Waals surface area contributed by atoms with Gasteiger partial charge >= 0.3 is 0 Å². The molecule has 3 rings (SSSR count). The Bertz CT molecular complexity index is 877. The van der Waals surface area contributed by atoms with E-state index in [-0.39, 0.29) is 5.91 Å². The zero-order chi connectivity index (χ0) is 18.4. The van der Waals surface area contributed by atoms with Crippen molar-refractivity contribution in [3.8, 4) is 0 Å². The minimum atomic E-state index is -0.0960. The normalized spacial score (nSPS) is 10.4. The average Bonchev–Trinajstić information content (AvgIpc) is 2.69. The molecule has 0 fully saturated rings. The Kier molecular flexibility index (Phi) is 5.64. The van der Waals surface area contributed by atoms with Crippen molar-refractivity contribution in [3.63, 3.8) is 0 Å². The van der Waals surface area contributed by atoms with Crippen molar-refractivity contribution in [3.05, 3.63) is 89.7 Å². The molecule has 0 unspecified atom stereocenters. The largest absolute Gasteiger partial charge is 0.355 e. The highest BCUT2D eigenvalue weighted by Gasteiger charge is 2.14. The first-order valence-electron chi connectivity index (χ1n) is 8.77. The summed E-state index contributed by atoms with van der Waals surface area (Å²) < 4.78 is 0. The molecule has 4 nitrogen and oxygen atoms in total. The van der Waals surface area contributed by atoms with Gasteiger partial charge in [-0.25, -0.2) is 0 Å². The Morgan fingerprint density at radius 2 is 1.77 bits per heavy atom. The van der Waals surface area contributed by atoms with Crippen LogP contribution in [0, 0.1) is 0 Å². The number of para-hydroxylation sites is 1. The number of hydrogen-bond acceptors (Lipinski definition) is 3. The third kappa shape index (κ3) is 4.28. The van der Waals surface area contributed by atoms with Crippen LogP contribution in [0.1, 0.15) is 28.5 Å². The molecule has 4 heteroatoms. The van der Waals surface area contributed by atoms with Crippen LogP contribution in [0.3, 0.4) is 0 Å². The summed E-state index contributed by atoms with van der Waals surface area (Å²) in [7, 11) is 1.80. The number of rotatable bonds is 6. The number of benzene rings is 2. The van der Waals surface area contributed by atoms with E-state index in [2.05, 4.69) is 23.3 Å². The summed E-state index contributed by atoms with van der Waals surface area (Å²) in [5.74, 6) is -0.0960. The summed E-state index contributed by atoms with van der Waals surface area (Å²) >= 11 is 0. The number of aromatic nitrogens is 1. The summed E-state index contributed by atoms with van der Waals surface area (Å²) in [5.41, 5.74) is 4.67. The number of anilines is 2. The van der Waals surface area contributed by atoms with Crippen LogP contribution < -0.4 is 5.32 Å². The number of carbonyl (C=O) groups is 1. The standard InChI is InChI=1S/C22H23N3O/c1-3-18-11-7-8-12-20(18)24-19-13-14-23-21(15-19)22(26)25(2)16-17-9-5-4-6-10-17/h4-15H,3,16H2,1-2H3,(H,23,24). The molecule has 0 aliphatic carbocycles. The number of aryl methyl sites for hydroxylation is 1. The van der Waals surface area contributed by atoms with Gasteiger partial charge < -0.3 is 10.2 Å². The minimum absolute atomic E-state index is 0.0960. The highest BCUT2D eigenvalue weighted by molar-refractivity contribution is 5.93. The topological polar surface area (TPSA) is 45.2 Å². The van der Waals surface area contributed by atoms with Gasteiger partial charge in [-0.3, -0.25) is 9.78 Å². The van der Waals surface area contributed by atoms with E-state index in [1.165, 1.54) is 5.56 Å². The summed E-state index contributed by atoms with van der Waals surface area (Å²) in [6.45, 7) is 2.68. The second-order valence-electron chi connectivity index (χ2n) is 6.21. The van der Waals surface area contributed by atoms with Crippen LogP contribution in [0.15, 0.2) is 72.9 Å². The maximum atomic E-state index is 12.7. The molecular formula is C22H23N3O. The van der Waals surface area contributed by atoms with E-state index in [4.69, 9.17) is 0 Å². The van der Waals surface area contributed by atoms with E-state index in [9.17, 15) is 4.79 Å². The van der Waals surface area contributed by atoms with Gasteiger partial charge in [-0.1, -0.05) is 55.5 Å². The Morgan fingerprint density at radius 1 is 1.04 bits per heavy atom. The monoisotopic (exact) mass is 345 g/mol. The van der Waals surface area contributed by atoms with Crippen LogP contribution in [-0.4, -0.2) is 22.8 Å². The first kappa shape index (κ1) is 17.7. The quantitative estimate of drug-likeness (QED) is 0.707. The average molecular weight is 345 g/mol. The molecule has 0 aliphatic heterocycles. The molecule has 0 saturated carbocycles. The lowest BCUT2D eigenvalue weighted by Crippen LogP contribution is -2.27. The Hall–Kier alpha value is -3.14. The molecule has 0 saturated heterocycles. The number of amides is 1. The van der Waals surface area contributed by atoms with Crippen LogP contribution in [0.4, 0.5) is 11.4 Å². The smallest absolute Gasteiger partial charge is 0.272 e. The van der Waals surface area contributed by atoms with E-state index in [0.29, 0.717) is 12.2 Å². The second kappa shape index (κ2) is 8.30. The van der Waals surface area contributed by atoms with E-state index in [1.807, 2.05) is 54.6 Å². The molecule has 1 heterocycles. The van der Waals surface area contributed by atoms with Crippen LogP contribution in [0.5, 0.6) is 0 Å². The number of nitrogens with one attached hydrogen (secondary N) is 1. The van der Waals surface area contributed by atoms with Gasteiger partial charge in [-0.15, -0.1) is 0 Å². The maximum Gasteiger partial charge on any atom is 0.272 e. The van der Waals surface area contributed by atoms with Crippen molar-refractivity contribution in [1.82, 2.24) is 9.88 Å². The predicted molar refractivity (Wildman–Crippen MR) is 106 cm³/mol. The fourth-order valence-corrected chi connectivity index (χ4v) is 2.86. The molecule has 0 bridgehead atoms. The highest BCUT2D eigenvalue weighted by Crippen LogP contribution is 2.21.